The monoisotopic (exact) mass is 391 g/mol. The number of carbonyl (C=O) groups excluding carboxylic acids is 1. The standard InChI is InChI=1S/C17H12BrF2N3O/c18-10-1-4-15-21-14(9-23(15)8-10)16(24)22-17(5-6-17)12-7-11(19)2-3-13(12)20/h1-4,7-9H,5-6H2,(H,22,24). The molecule has 1 saturated carbocycles. The van der Waals surface area contributed by atoms with E-state index < -0.39 is 23.1 Å². The molecule has 1 fully saturated rings. The topological polar surface area (TPSA) is 46.4 Å². The lowest BCUT2D eigenvalue weighted by atomic mass is 10.0. The number of nitrogens with zero attached hydrogens (tertiary/aromatic N) is 2. The zero-order valence-corrected chi connectivity index (χ0v) is 14.0. The first-order valence-electron chi connectivity index (χ1n) is 7.39. The number of fused-ring (bicyclic) bond motifs is 1. The van der Waals surface area contributed by atoms with Gasteiger partial charge in [0.2, 0.25) is 0 Å². The Labute approximate surface area is 144 Å². The second-order valence-corrected chi connectivity index (χ2v) is 6.82. The Kier molecular flexibility index (Phi) is 3.42. The highest BCUT2D eigenvalue weighted by molar-refractivity contribution is 9.10. The Balaban J connectivity index is 1.64. The zero-order valence-electron chi connectivity index (χ0n) is 12.4. The third kappa shape index (κ3) is 2.58. The average molecular weight is 392 g/mol. The molecule has 24 heavy (non-hydrogen) atoms. The minimum absolute atomic E-state index is 0.183. The predicted octanol–water partition coefficient (Wildman–Crippen LogP) is 3.79. The van der Waals surface area contributed by atoms with Crippen molar-refractivity contribution in [3.63, 3.8) is 0 Å². The van der Waals surface area contributed by atoms with Gasteiger partial charge in [-0.2, -0.15) is 0 Å². The highest BCUT2D eigenvalue weighted by atomic mass is 79.9. The molecule has 1 aliphatic rings. The maximum absolute atomic E-state index is 14.0. The quantitative estimate of drug-likeness (QED) is 0.737. The van der Waals surface area contributed by atoms with Crippen LogP contribution in [0.1, 0.15) is 28.9 Å². The van der Waals surface area contributed by atoms with Crippen molar-refractivity contribution in [3.05, 3.63) is 70.1 Å². The van der Waals surface area contributed by atoms with Crippen molar-refractivity contribution in [2.45, 2.75) is 18.4 Å². The second-order valence-electron chi connectivity index (χ2n) is 5.90. The van der Waals surface area contributed by atoms with Crippen molar-refractivity contribution in [2.24, 2.45) is 0 Å². The SMILES string of the molecule is O=C(NC1(c2cc(F)ccc2F)CC1)c1cn2cc(Br)ccc2n1. The van der Waals surface area contributed by atoms with E-state index in [1.165, 1.54) is 0 Å². The molecule has 7 heteroatoms. The number of amides is 1. The molecule has 4 nitrogen and oxygen atoms in total. The summed E-state index contributed by atoms with van der Waals surface area (Å²) in [6.07, 6.45) is 4.53. The van der Waals surface area contributed by atoms with Crippen LogP contribution in [0, 0.1) is 11.6 Å². The van der Waals surface area contributed by atoms with Crippen LogP contribution in [0.25, 0.3) is 5.65 Å². The van der Waals surface area contributed by atoms with Crippen LogP contribution in [0.2, 0.25) is 0 Å². The molecular weight excluding hydrogens is 380 g/mol. The minimum atomic E-state index is -0.848. The van der Waals surface area contributed by atoms with Crippen LogP contribution in [0.3, 0.4) is 0 Å². The Morgan fingerprint density at radius 1 is 1.21 bits per heavy atom. The summed E-state index contributed by atoms with van der Waals surface area (Å²) in [4.78, 5) is 16.8. The first kappa shape index (κ1) is 15.3. The van der Waals surface area contributed by atoms with Crippen LogP contribution < -0.4 is 5.32 Å². The summed E-state index contributed by atoms with van der Waals surface area (Å²) in [6, 6.07) is 6.90. The molecule has 3 aromatic rings. The Hall–Kier alpha value is -2.28. The van der Waals surface area contributed by atoms with Gasteiger partial charge in [-0.1, -0.05) is 0 Å². The molecule has 2 heterocycles. The molecule has 0 spiro atoms. The van der Waals surface area contributed by atoms with Gasteiger partial charge in [0.05, 0.1) is 5.54 Å². The maximum atomic E-state index is 14.0. The van der Waals surface area contributed by atoms with Crippen LogP contribution in [0.5, 0.6) is 0 Å². The Morgan fingerprint density at radius 3 is 2.75 bits per heavy atom. The van der Waals surface area contributed by atoms with E-state index in [-0.39, 0.29) is 11.3 Å². The summed E-state index contributed by atoms with van der Waals surface area (Å²) in [5, 5.41) is 2.81. The predicted molar refractivity (Wildman–Crippen MR) is 87.6 cm³/mol. The molecule has 1 aliphatic carbocycles. The molecule has 0 atom stereocenters. The molecule has 122 valence electrons. The summed E-state index contributed by atoms with van der Waals surface area (Å²) in [5.41, 5.74) is 0.198. The van der Waals surface area contributed by atoms with Crippen molar-refractivity contribution >= 4 is 27.5 Å². The number of halogens is 3. The van der Waals surface area contributed by atoms with Gasteiger partial charge in [-0.05, 0) is 59.1 Å². The molecule has 1 N–H and O–H groups in total. The molecule has 1 amide bonds. The fourth-order valence-electron chi connectivity index (χ4n) is 2.81. The van der Waals surface area contributed by atoms with Gasteiger partial charge >= 0.3 is 0 Å². The van der Waals surface area contributed by atoms with E-state index in [1.807, 2.05) is 6.07 Å². The highest BCUT2D eigenvalue weighted by Gasteiger charge is 2.48. The fourth-order valence-corrected chi connectivity index (χ4v) is 3.16. The first-order valence-corrected chi connectivity index (χ1v) is 8.18. The number of hydrogen-bond acceptors (Lipinski definition) is 2. The highest BCUT2D eigenvalue weighted by Crippen LogP contribution is 2.46. The second kappa shape index (κ2) is 5.37. The number of rotatable bonds is 3. The van der Waals surface area contributed by atoms with Gasteiger partial charge in [-0.3, -0.25) is 4.79 Å². The number of benzene rings is 1. The summed E-state index contributed by atoms with van der Waals surface area (Å²) in [5.74, 6) is -1.45. The van der Waals surface area contributed by atoms with E-state index in [1.54, 1.807) is 22.9 Å². The molecule has 0 unspecified atom stereocenters. The molecule has 1 aromatic carbocycles. The molecule has 0 saturated heterocycles. The number of aromatic nitrogens is 2. The molecular formula is C17H12BrF2N3O. The number of nitrogens with one attached hydrogen (secondary N) is 1. The number of imidazole rings is 1. The lowest BCUT2D eigenvalue weighted by molar-refractivity contribution is 0.0925. The number of carbonyl (C=O) groups is 1. The van der Waals surface area contributed by atoms with E-state index in [4.69, 9.17) is 0 Å². The van der Waals surface area contributed by atoms with Crippen LogP contribution in [-0.2, 0) is 5.54 Å². The van der Waals surface area contributed by atoms with Gasteiger partial charge in [-0.25, -0.2) is 13.8 Å². The van der Waals surface area contributed by atoms with E-state index in [2.05, 4.69) is 26.2 Å². The van der Waals surface area contributed by atoms with E-state index in [0.717, 1.165) is 22.7 Å². The van der Waals surface area contributed by atoms with E-state index in [9.17, 15) is 13.6 Å². The molecule has 0 radical (unpaired) electrons. The number of pyridine rings is 1. The zero-order chi connectivity index (χ0) is 16.9. The Morgan fingerprint density at radius 2 is 2.00 bits per heavy atom. The largest absolute Gasteiger partial charge is 0.341 e. The van der Waals surface area contributed by atoms with Crippen LogP contribution >= 0.6 is 15.9 Å². The summed E-state index contributed by atoms with van der Waals surface area (Å²) in [6.45, 7) is 0. The van der Waals surface area contributed by atoms with Crippen LogP contribution in [-0.4, -0.2) is 15.3 Å². The van der Waals surface area contributed by atoms with Gasteiger partial charge in [0.1, 0.15) is 23.0 Å². The van der Waals surface area contributed by atoms with Crippen molar-refractivity contribution < 1.29 is 13.6 Å². The number of hydrogen-bond donors (Lipinski definition) is 1. The van der Waals surface area contributed by atoms with Gasteiger partial charge in [0.15, 0.2) is 0 Å². The molecule has 4 rings (SSSR count). The van der Waals surface area contributed by atoms with Gasteiger partial charge in [0, 0.05) is 22.4 Å². The smallest absolute Gasteiger partial charge is 0.272 e. The van der Waals surface area contributed by atoms with Crippen molar-refractivity contribution in [1.82, 2.24) is 14.7 Å². The van der Waals surface area contributed by atoms with E-state index >= 15 is 0 Å². The molecule has 0 bridgehead atoms. The van der Waals surface area contributed by atoms with Gasteiger partial charge in [0.25, 0.3) is 5.91 Å². The lowest BCUT2D eigenvalue weighted by Crippen LogP contribution is -2.35. The summed E-state index contributed by atoms with van der Waals surface area (Å²) < 4.78 is 30.1. The van der Waals surface area contributed by atoms with Gasteiger partial charge in [-0.15, -0.1) is 0 Å². The molecule has 0 aliphatic heterocycles. The van der Waals surface area contributed by atoms with Crippen LogP contribution in [0.15, 0.2) is 47.2 Å². The average Bonchev–Trinajstić information content (AvgIpc) is 3.19. The summed E-state index contributed by atoms with van der Waals surface area (Å²) in [7, 11) is 0. The lowest BCUT2D eigenvalue weighted by Gasteiger charge is -2.18. The third-order valence-corrected chi connectivity index (χ3v) is 4.66. The summed E-state index contributed by atoms with van der Waals surface area (Å²) >= 11 is 3.36. The molecule has 2 aromatic heterocycles. The maximum Gasteiger partial charge on any atom is 0.272 e. The van der Waals surface area contributed by atoms with Crippen molar-refractivity contribution in [2.75, 3.05) is 0 Å². The van der Waals surface area contributed by atoms with Crippen LogP contribution in [0.4, 0.5) is 8.78 Å². The first-order chi connectivity index (χ1) is 11.5. The van der Waals surface area contributed by atoms with Crippen molar-refractivity contribution in [3.8, 4) is 0 Å². The van der Waals surface area contributed by atoms with E-state index in [0.29, 0.717) is 18.5 Å². The van der Waals surface area contributed by atoms with Crippen molar-refractivity contribution in [1.29, 1.82) is 0 Å². The normalized spacial score (nSPS) is 15.5. The minimum Gasteiger partial charge on any atom is -0.341 e. The third-order valence-electron chi connectivity index (χ3n) is 4.19. The van der Waals surface area contributed by atoms with Gasteiger partial charge < -0.3 is 9.72 Å². The Bertz CT molecular complexity index is 966. The fraction of sp³-hybridized carbons (Fsp3) is 0.176.